The maximum Gasteiger partial charge on any atom is 0.0540 e. The molecule has 2 heteroatoms. The maximum absolute atomic E-state index is 2.43. The average Bonchev–Trinajstić information content (AvgIpc) is 3.75. The van der Waals surface area contributed by atoms with E-state index in [1.807, 2.05) is 11.3 Å². The van der Waals surface area contributed by atoms with E-state index in [1.165, 1.54) is 91.8 Å². The molecule has 0 atom stereocenters. The number of hydrogen-bond donors (Lipinski definition) is 0. The minimum atomic E-state index is 1.09. The van der Waals surface area contributed by atoms with Gasteiger partial charge in [-0.2, -0.15) is 0 Å². The molecule has 0 radical (unpaired) electrons. The zero-order chi connectivity index (χ0) is 42.4. The van der Waals surface area contributed by atoms with Crippen molar-refractivity contribution in [2.24, 2.45) is 0 Å². The molecule has 11 aromatic carbocycles. The first kappa shape index (κ1) is 37.7. The minimum absolute atomic E-state index is 1.09. The summed E-state index contributed by atoms with van der Waals surface area (Å²) in [5, 5.41) is 7.62. The highest BCUT2D eigenvalue weighted by Gasteiger charge is 2.19. The molecule has 0 aliphatic heterocycles. The number of thiophene rings is 1. The zero-order valence-electron chi connectivity index (χ0n) is 35.0. The molecule has 1 heterocycles. The monoisotopic (exact) mass is 831 g/mol. The van der Waals surface area contributed by atoms with Crippen molar-refractivity contribution < 1.29 is 0 Å². The van der Waals surface area contributed by atoms with E-state index >= 15 is 0 Å². The van der Waals surface area contributed by atoms with E-state index in [4.69, 9.17) is 0 Å². The molecule has 0 unspecified atom stereocenters. The molecular weight excluding hydrogens is 791 g/mol. The zero-order valence-corrected chi connectivity index (χ0v) is 35.8. The molecule has 64 heavy (non-hydrogen) atoms. The SMILES string of the molecule is c1cc(-c2cccc(N(c3ccc(-c4ccc(-c5cccc6ccccc56)cc4)cc3)c3ccccc3-c3ccc4sc5ccccc5c4c3)c2)cc(-c2ccc3ccccc3c2)c1. The van der Waals surface area contributed by atoms with Gasteiger partial charge in [-0.1, -0.05) is 188 Å². The lowest BCUT2D eigenvalue weighted by atomic mass is 9.96. The number of anilines is 3. The molecule has 0 saturated heterocycles. The smallest absolute Gasteiger partial charge is 0.0540 e. The highest BCUT2D eigenvalue weighted by atomic mass is 32.1. The van der Waals surface area contributed by atoms with Gasteiger partial charge in [0.05, 0.1) is 5.69 Å². The fourth-order valence-corrected chi connectivity index (χ4v) is 10.5. The summed E-state index contributed by atoms with van der Waals surface area (Å²) in [6, 6.07) is 91.0. The molecular formula is C62H41NS. The molecule has 12 aromatic rings. The van der Waals surface area contributed by atoms with Gasteiger partial charge in [0, 0.05) is 37.1 Å². The Morgan fingerprint density at radius 2 is 0.797 bits per heavy atom. The van der Waals surface area contributed by atoms with Crippen LogP contribution in [0.1, 0.15) is 0 Å². The Kier molecular flexibility index (Phi) is 9.43. The van der Waals surface area contributed by atoms with Gasteiger partial charge in [0.25, 0.3) is 0 Å². The van der Waals surface area contributed by atoms with Gasteiger partial charge in [0.2, 0.25) is 0 Å². The summed E-state index contributed by atoms with van der Waals surface area (Å²) in [5.41, 5.74) is 15.3. The first-order chi connectivity index (χ1) is 31.7. The number of rotatable bonds is 8. The Bertz CT molecular complexity index is 3670. The third-order valence-corrected chi connectivity index (χ3v) is 13.8. The molecule has 1 aromatic heterocycles. The van der Waals surface area contributed by atoms with Gasteiger partial charge >= 0.3 is 0 Å². The van der Waals surface area contributed by atoms with E-state index in [1.54, 1.807) is 0 Å². The van der Waals surface area contributed by atoms with Gasteiger partial charge in [0.15, 0.2) is 0 Å². The van der Waals surface area contributed by atoms with Crippen LogP contribution < -0.4 is 4.90 Å². The van der Waals surface area contributed by atoms with Crippen LogP contribution in [0.15, 0.2) is 249 Å². The summed E-state index contributed by atoms with van der Waals surface area (Å²) in [7, 11) is 0. The van der Waals surface area contributed by atoms with Crippen LogP contribution in [0.25, 0.3) is 97.4 Å². The van der Waals surface area contributed by atoms with Crippen molar-refractivity contribution in [1.29, 1.82) is 0 Å². The highest BCUT2D eigenvalue weighted by molar-refractivity contribution is 7.25. The second-order valence-electron chi connectivity index (χ2n) is 16.5. The molecule has 0 bridgehead atoms. The standard InChI is InChI=1S/C62H41NS/c1-2-14-47-38-51(31-28-42(47)12-1)49-17-9-16-48(39-49)50-18-10-19-54(40-50)63(60-24-7-5-21-57(60)52-34-37-62-59(41-52)58-22-6-8-25-61(58)64-62)53-35-32-44(33-36-53)43-26-29-46(30-27-43)56-23-11-15-45-13-3-4-20-55(45)56/h1-41H. The predicted octanol–water partition coefficient (Wildman–Crippen LogP) is 18.2. The van der Waals surface area contributed by atoms with Crippen LogP contribution >= 0.6 is 11.3 Å². The molecule has 0 N–H and O–H groups in total. The molecule has 1 nitrogen and oxygen atoms in total. The molecule has 0 aliphatic rings. The molecule has 12 rings (SSSR count). The maximum atomic E-state index is 2.43. The molecule has 300 valence electrons. The quantitative estimate of drug-likeness (QED) is 0.147. The molecule has 0 saturated carbocycles. The van der Waals surface area contributed by atoms with Crippen LogP contribution in [0.5, 0.6) is 0 Å². The second-order valence-corrected chi connectivity index (χ2v) is 17.6. The van der Waals surface area contributed by atoms with Crippen molar-refractivity contribution in [1.82, 2.24) is 0 Å². The lowest BCUT2D eigenvalue weighted by molar-refractivity contribution is 1.28. The third kappa shape index (κ3) is 6.91. The Morgan fingerprint density at radius 1 is 0.250 bits per heavy atom. The normalized spacial score (nSPS) is 11.4. The lowest BCUT2D eigenvalue weighted by Gasteiger charge is -2.28. The van der Waals surface area contributed by atoms with E-state index in [2.05, 4.69) is 254 Å². The van der Waals surface area contributed by atoms with Crippen LogP contribution in [0.4, 0.5) is 17.1 Å². The first-order valence-electron chi connectivity index (χ1n) is 21.9. The van der Waals surface area contributed by atoms with Crippen molar-refractivity contribution in [3.8, 4) is 55.6 Å². The molecule has 0 aliphatic carbocycles. The number of para-hydroxylation sites is 1. The van der Waals surface area contributed by atoms with E-state index < -0.39 is 0 Å². The lowest BCUT2D eigenvalue weighted by Crippen LogP contribution is -2.11. The van der Waals surface area contributed by atoms with Crippen molar-refractivity contribution in [2.75, 3.05) is 4.90 Å². The molecule has 0 spiro atoms. The van der Waals surface area contributed by atoms with Gasteiger partial charge < -0.3 is 4.90 Å². The van der Waals surface area contributed by atoms with Crippen molar-refractivity contribution in [3.63, 3.8) is 0 Å². The van der Waals surface area contributed by atoms with Crippen LogP contribution in [0, 0.1) is 0 Å². The first-order valence-corrected chi connectivity index (χ1v) is 22.7. The largest absolute Gasteiger partial charge is 0.310 e. The summed E-state index contributed by atoms with van der Waals surface area (Å²) in [6.45, 7) is 0. The predicted molar refractivity (Wildman–Crippen MR) is 276 cm³/mol. The average molecular weight is 832 g/mol. The Hall–Kier alpha value is -8.04. The Labute approximate surface area is 377 Å². The Morgan fingerprint density at radius 3 is 1.62 bits per heavy atom. The van der Waals surface area contributed by atoms with Crippen LogP contribution in [0.2, 0.25) is 0 Å². The highest BCUT2D eigenvalue weighted by Crippen LogP contribution is 2.44. The van der Waals surface area contributed by atoms with Crippen molar-refractivity contribution >= 4 is 70.1 Å². The number of nitrogens with zero attached hydrogens (tertiary/aromatic N) is 1. The molecule has 0 amide bonds. The number of hydrogen-bond acceptors (Lipinski definition) is 2. The third-order valence-electron chi connectivity index (χ3n) is 12.7. The summed E-state index contributed by atoms with van der Waals surface area (Å²) in [5.74, 6) is 0. The van der Waals surface area contributed by atoms with Gasteiger partial charge in [0.1, 0.15) is 0 Å². The second kappa shape index (κ2) is 16.0. The van der Waals surface area contributed by atoms with Crippen LogP contribution in [-0.2, 0) is 0 Å². The van der Waals surface area contributed by atoms with E-state index in [-0.39, 0.29) is 0 Å². The van der Waals surface area contributed by atoms with E-state index in [9.17, 15) is 0 Å². The summed E-state index contributed by atoms with van der Waals surface area (Å²) in [6.07, 6.45) is 0. The van der Waals surface area contributed by atoms with Gasteiger partial charge in [-0.05, 0) is 132 Å². The van der Waals surface area contributed by atoms with Gasteiger partial charge in [-0.3, -0.25) is 0 Å². The number of fused-ring (bicyclic) bond motifs is 5. The summed E-state index contributed by atoms with van der Waals surface area (Å²) in [4.78, 5) is 2.43. The fourth-order valence-electron chi connectivity index (χ4n) is 9.43. The topological polar surface area (TPSA) is 3.24 Å². The van der Waals surface area contributed by atoms with Crippen LogP contribution in [-0.4, -0.2) is 0 Å². The molecule has 0 fully saturated rings. The minimum Gasteiger partial charge on any atom is -0.310 e. The summed E-state index contributed by atoms with van der Waals surface area (Å²) < 4.78 is 2.62. The fraction of sp³-hybridized carbons (Fsp3) is 0. The van der Waals surface area contributed by atoms with Crippen molar-refractivity contribution in [2.45, 2.75) is 0 Å². The Balaban J connectivity index is 0.952. The van der Waals surface area contributed by atoms with E-state index in [0.29, 0.717) is 0 Å². The van der Waals surface area contributed by atoms with Crippen molar-refractivity contribution in [3.05, 3.63) is 249 Å². The van der Waals surface area contributed by atoms with E-state index in [0.717, 1.165) is 22.6 Å². The number of benzene rings is 11. The summed E-state index contributed by atoms with van der Waals surface area (Å²) >= 11 is 1.86. The van der Waals surface area contributed by atoms with Crippen LogP contribution in [0.3, 0.4) is 0 Å². The van der Waals surface area contributed by atoms with Gasteiger partial charge in [-0.15, -0.1) is 11.3 Å². The van der Waals surface area contributed by atoms with Gasteiger partial charge in [-0.25, -0.2) is 0 Å².